The first-order chi connectivity index (χ1) is 13.5. The minimum atomic E-state index is -0.145. The third-order valence-corrected chi connectivity index (χ3v) is 5.64. The Morgan fingerprint density at radius 1 is 1.11 bits per heavy atom. The topological polar surface area (TPSA) is 46.3 Å². The molecule has 4 nitrogen and oxygen atoms in total. The first-order valence-corrected chi connectivity index (χ1v) is 9.54. The van der Waals surface area contributed by atoms with Crippen LogP contribution in [-0.2, 0) is 11.2 Å². The lowest BCUT2D eigenvalue weighted by Gasteiger charge is -2.24. The Labute approximate surface area is 164 Å². The summed E-state index contributed by atoms with van der Waals surface area (Å²) in [5.41, 5.74) is 4.86. The van der Waals surface area contributed by atoms with E-state index < -0.39 is 0 Å². The lowest BCUT2D eigenvalue weighted by molar-refractivity contribution is -0.131. The van der Waals surface area contributed by atoms with E-state index in [1.165, 1.54) is 0 Å². The van der Waals surface area contributed by atoms with Gasteiger partial charge in [0, 0.05) is 23.5 Å². The normalized spacial score (nSPS) is 12.4. The number of carbonyl (C=O) groups excluding carboxylic acids is 1. The predicted molar refractivity (Wildman–Crippen MR) is 112 cm³/mol. The van der Waals surface area contributed by atoms with Crippen LogP contribution in [0.15, 0.2) is 59.0 Å². The molecule has 4 heteroatoms. The molecule has 0 fully saturated rings. The van der Waals surface area contributed by atoms with Crippen LogP contribution in [0, 0.1) is 13.8 Å². The maximum absolute atomic E-state index is 13.0. The van der Waals surface area contributed by atoms with Crippen LogP contribution in [0.5, 0.6) is 0 Å². The number of fused-ring (bicyclic) bond motifs is 2. The average molecular weight is 372 g/mol. The maximum atomic E-state index is 13.0. The monoisotopic (exact) mass is 372 g/mol. The van der Waals surface area contributed by atoms with Crippen molar-refractivity contribution in [3.63, 3.8) is 0 Å². The molecule has 0 aliphatic heterocycles. The first kappa shape index (κ1) is 18.2. The Kier molecular flexibility index (Phi) is 4.63. The van der Waals surface area contributed by atoms with Crippen LogP contribution < -0.4 is 0 Å². The lowest BCUT2D eigenvalue weighted by atomic mass is 9.99. The quantitative estimate of drug-likeness (QED) is 0.484. The molecule has 1 amide bonds. The summed E-state index contributed by atoms with van der Waals surface area (Å²) in [4.78, 5) is 19.5. The van der Waals surface area contributed by atoms with E-state index in [1.54, 1.807) is 4.90 Å². The zero-order chi connectivity index (χ0) is 19.8. The van der Waals surface area contributed by atoms with Crippen molar-refractivity contribution in [2.24, 2.45) is 0 Å². The number of rotatable bonds is 4. The molecule has 0 spiro atoms. The minimum Gasteiger partial charge on any atom is -0.459 e. The fourth-order valence-electron chi connectivity index (χ4n) is 3.72. The fourth-order valence-corrected chi connectivity index (χ4v) is 3.72. The molecule has 1 unspecified atom stereocenters. The smallest absolute Gasteiger partial charge is 0.227 e. The first-order valence-electron chi connectivity index (χ1n) is 9.54. The van der Waals surface area contributed by atoms with Crippen LogP contribution >= 0.6 is 0 Å². The van der Waals surface area contributed by atoms with Gasteiger partial charge in [0.15, 0.2) is 0 Å². The van der Waals surface area contributed by atoms with E-state index in [4.69, 9.17) is 9.40 Å². The zero-order valence-corrected chi connectivity index (χ0v) is 16.7. The lowest BCUT2D eigenvalue weighted by Crippen LogP contribution is -2.31. The maximum Gasteiger partial charge on any atom is 0.227 e. The second-order valence-corrected chi connectivity index (χ2v) is 7.36. The number of hydrogen-bond acceptors (Lipinski definition) is 3. The molecule has 0 bridgehead atoms. The standard InChI is InChI=1S/C24H24N2O2/c1-15-19-10-6-7-11-21(19)25-16(2)20(15)14-24(27)26(4)17(3)23-13-18-9-5-8-12-22(18)28-23/h5-13,17H,14H2,1-4H3. The van der Waals surface area contributed by atoms with E-state index in [2.05, 4.69) is 13.0 Å². The van der Waals surface area contributed by atoms with Gasteiger partial charge in [0.1, 0.15) is 11.3 Å². The number of pyridine rings is 1. The highest BCUT2D eigenvalue weighted by Gasteiger charge is 2.22. The van der Waals surface area contributed by atoms with E-state index in [9.17, 15) is 4.79 Å². The van der Waals surface area contributed by atoms with Gasteiger partial charge in [0.2, 0.25) is 5.91 Å². The van der Waals surface area contributed by atoms with E-state index in [-0.39, 0.29) is 11.9 Å². The fraction of sp³-hybridized carbons (Fsp3) is 0.250. The molecule has 2 aromatic carbocycles. The van der Waals surface area contributed by atoms with Crippen molar-refractivity contribution in [1.82, 2.24) is 9.88 Å². The highest BCUT2D eigenvalue weighted by atomic mass is 16.3. The van der Waals surface area contributed by atoms with Crippen molar-refractivity contribution >= 4 is 27.8 Å². The van der Waals surface area contributed by atoms with Crippen LogP contribution in [0.3, 0.4) is 0 Å². The largest absolute Gasteiger partial charge is 0.459 e. The number of likely N-dealkylation sites (N-methyl/N-ethyl adjacent to an activating group) is 1. The Hall–Kier alpha value is -3.14. The molecular weight excluding hydrogens is 348 g/mol. The number of aromatic nitrogens is 1. The van der Waals surface area contributed by atoms with Crippen molar-refractivity contribution in [3.8, 4) is 0 Å². The molecule has 0 aliphatic carbocycles. The number of nitrogens with zero attached hydrogens (tertiary/aromatic N) is 2. The third kappa shape index (κ3) is 3.15. The summed E-state index contributed by atoms with van der Waals surface area (Å²) in [6.07, 6.45) is 0.330. The molecule has 4 aromatic rings. The van der Waals surface area contributed by atoms with Crippen LogP contribution in [0.2, 0.25) is 0 Å². The molecule has 0 saturated carbocycles. The summed E-state index contributed by atoms with van der Waals surface area (Å²) in [5, 5.41) is 2.15. The van der Waals surface area contributed by atoms with Gasteiger partial charge in [0.25, 0.3) is 0 Å². The summed E-state index contributed by atoms with van der Waals surface area (Å²) < 4.78 is 5.95. The molecular formula is C24H24N2O2. The minimum absolute atomic E-state index is 0.0521. The summed E-state index contributed by atoms with van der Waals surface area (Å²) in [5.74, 6) is 0.846. The zero-order valence-electron chi connectivity index (χ0n) is 16.7. The second kappa shape index (κ2) is 7.12. The summed E-state index contributed by atoms with van der Waals surface area (Å²) >= 11 is 0. The van der Waals surface area contributed by atoms with Crippen molar-refractivity contribution < 1.29 is 9.21 Å². The van der Waals surface area contributed by atoms with Gasteiger partial charge < -0.3 is 9.32 Å². The molecule has 142 valence electrons. The highest BCUT2D eigenvalue weighted by molar-refractivity contribution is 5.86. The van der Waals surface area contributed by atoms with Gasteiger partial charge in [-0.1, -0.05) is 36.4 Å². The predicted octanol–water partition coefficient (Wildman–Crippen LogP) is 5.36. The van der Waals surface area contributed by atoms with Crippen molar-refractivity contribution in [3.05, 3.63) is 77.2 Å². The highest BCUT2D eigenvalue weighted by Crippen LogP contribution is 2.28. The molecule has 2 heterocycles. The molecule has 0 radical (unpaired) electrons. The number of aryl methyl sites for hydroxylation is 2. The molecule has 0 N–H and O–H groups in total. The van der Waals surface area contributed by atoms with E-state index >= 15 is 0 Å². The molecule has 0 aliphatic rings. The van der Waals surface area contributed by atoms with Crippen molar-refractivity contribution in [2.45, 2.75) is 33.2 Å². The van der Waals surface area contributed by atoms with Gasteiger partial charge in [0.05, 0.1) is 18.0 Å². The van der Waals surface area contributed by atoms with Gasteiger partial charge in [-0.05, 0) is 50.1 Å². The van der Waals surface area contributed by atoms with Gasteiger partial charge in [-0.3, -0.25) is 9.78 Å². The molecule has 2 aromatic heterocycles. The number of para-hydroxylation sites is 2. The molecule has 0 saturated heterocycles. The summed E-state index contributed by atoms with van der Waals surface area (Å²) in [7, 11) is 1.83. The Morgan fingerprint density at radius 2 is 1.82 bits per heavy atom. The third-order valence-electron chi connectivity index (χ3n) is 5.64. The van der Waals surface area contributed by atoms with Gasteiger partial charge >= 0.3 is 0 Å². The Balaban J connectivity index is 1.60. The number of amides is 1. The van der Waals surface area contributed by atoms with Crippen LogP contribution in [0.25, 0.3) is 21.9 Å². The number of benzene rings is 2. The van der Waals surface area contributed by atoms with Crippen LogP contribution in [0.4, 0.5) is 0 Å². The Morgan fingerprint density at radius 3 is 2.61 bits per heavy atom. The second-order valence-electron chi connectivity index (χ2n) is 7.36. The average Bonchev–Trinajstić information content (AvgIpc) is 3.14. The van der Waals surface area contributed by atoms with Gasteiger partial charge in [-0.2, -0.15) is 0 Å². The molecule has 28 heavy (non-hydrogen) atoms. The summed E-state index contributed by atoms with van der Waals surface area (Å²) in [6.45, 7) is 6.04. The van der Waals surface area contributed by atoms with Crippen molar-refractivity contribution in [1.29, 1.82) is 0 Å². The van der Waals surface area contributed by atoms with Gasteiger partial charge in [-0.15, -0.1) is 0 Å². The van der Waals surface area contributed by atoms with Gasteiger partial charge in [-0.25, -0.2) is 0 Å². The summed E-state index contributed by atoms with van der Waals surface area (Å²) in [6, 6.07) is 17.8. The number of furan rings is 1. The van der Waals surface area contributed by atoms with Crippen LogP contribution in [-0.4, -0.2) is 22.8 Å². The SMILES string of the molecule is Cc1nc2ccccc2c(C)c1CC(=O)N(C)C(C)c1cc2ccccc2o1. The van der Waals surface area contributed by atoms with Crippen molar-refractivity contribution in [2.75, 3.05) is 7.05 Å². The number of carbonyl (C=O) groups is 1. The van der Waals surface area contributed by atoms with E-state index in [0.717, 1.165) is 44.5 Å². The van der Waals surface area contributed by atoms with Crippen LogP contribution in [0.1, 0.15) is 35.5 Å². The Bertz CT molecular complexity index is 1140. The number of hydrogen-bond donors (Lipinski definition) is 0. The van der Waals surface area contributed by atoms with E-state index in [1.807, 2.05) is 69.4 Å². The van der Waals surface area contributed by atoms with E-state index in [0.29, 0.717) is 6.42 Å². The molecule has 4 rings (SSSR count). The molecule has 1 atom stereocenters.